The highest BCUT2D eigenvalue weighted by Gasteiger charge is 2.51. The lowest BCUT2D eigenvalue weighted by molar-refractivity contribution is -0.124. The highest BCUT2D eigenvalue weighted by atomic mass is 32.1. The van der Waals surface area contributed by atoms with Gasteiger partial charge in [0.15, 0.2) is 5.13 Å². The van der Waals surface area contributed by atoms with Crippen LogP contribution < -0.4 is 5.32 Å². The van der Waals surface area contributed by atoms with Crippen molar-refractivity contribution in [3.63, 3.8) is 0 Å². The van der Waals surface area contributed by atoms with Crippen molar-refractivity contribution in [1.29, 1.82) is 0 Å². The van der Waals surface area contributed by atoms with Crippen molar-refractivity contribution in [2.45, 2.75) is 44.9 Å². The molecule has 4 fully saturated rings. The largest absolute Gasteiger partial charge is 0.302 e. The van der Waals surface area contributed by atoms with E-state index in [0.717, 1.165) is 33.1 Å². The molecule has 0 saturated heterocycles. The van der Waals surface area contributed by atoms with Gasteiger partial charge in [-0.25, -0.2) is 4.98 Å². The molecule has 120 valence electrons. The molecule has 1 N–H and O–H groups in total. The van der Waals surface area contributed by atoms with Crippen LogP contribution in [0.1, 0.15) is 44.9 Å². The molecule has 1 aromatic heterocycles. The number of aromatic nitrogens is 1. The number of hydrogen-bond acceptors (Lipinski definition) is 3. The van der Waals surface area contributed by atoms with Gasteiger partial charge in [0, 0.05) is 6.42 Å². The topological polar surface area (TPSA) is 42.0 Å². The summed E-state index contributed by atoms with van der Waals surface area (Å²) < 4.78 is 1.14. The van der Waals surface area contributed by atoms with Crippen LogP contribution in [0.15, 0.2) is 24.3 Å². The number of carbonyl (C=O) groups is 1. The molecule has 3 nitrogen and oxygen atoms in total. The number of anilines is 1. The van der Waals surface area contributed by atoms with E-state index in [1.807, 2.05) is 18.2 Å². The third-order valence-corrected chi connectivity index (χ3v) is 7.19. The molecule has 0 radical (unpaired) electrons. The van der Waals surface area contributed by atoms with E-state index in [-0.39, 0.29) is 5.91 Å². The first kappa shape index (κ1) is 14.0. The van der Waals surface area contributed by atoms with Crippen LogP contribution in [-0.2, 0) is 4.79 Å². The number of nitrogens with one attached hydrogen (secondary N) is 1. The Kier molecular flexibility index (Phi) is 3.06. The van der Waals surface area contributed by atoms with Gasteiger partial charge in [0.05, 0.1) is 10.2 Å². The molecule has 1 heterocycles. The van der Waals surface area contributed by atoms with Gasteiger partial charge in [-0.15, -0.1) is 0 Å². The fourth-order valence-corrected chi connectivity index (χ4v) is 6.82. The molecule has 6 rings (SSSR count). The van der Waals surface area contributed by atoms with Crippen molar-refractivity contribution in [2.75, 3.05) is 5.32 Å². The van der Waals surface area contributed by atoms with Gasteiger partial charge in [0.2, 0.25) is 5.91 Å². The van der Waals surface area contributed by atoms with Crippen molar-refractivity contribution in [3.05, 3.63) is 24.3 Å². The average Bonchev–Trinajstić information content (AvgIpc) is 2.86. The van der Waals surface area contributed by atoms with Crippen LogP contribution in [0.2, 0.25) is 0 Å². The third-order valence-electron chi connectivity index (χ3n) is 6.24. The number of para-hydroxylation sites is 1. The minimum Gasteiger partial charge on any atom is -0.302 e. The zero-order chi connectivity index (χ0) is 15.4. The predicted octanol–water partition coefficient (Wildman–Crippen LogP) is 4.84. The summed E-state index contributed by atoms with van der Waals surface area (Å²) in [6.07, 6.45) is 8.84. The Bertz CT molecular complexity index is 697. The Hall–Kier alpha value is -1.42. The Balaban J connectivity index is 1.31. The fraction of sp³-hybridized carbons (Fsp3) is 0.579. The standard InChI is InChI=1S/C19H22N2OS/c22-17(21-18-20-15-3-1-2-4-16(15)23-18)11-19-8-12-5-13(9-19)7-14(6-12)10-19/h1-4,12-14H,5-11H2,(H,20,21,22). The lowest BCUT2D eigenvalue weighted by Gasteiger charge is -2.56. The Labute approximate surface area is 140 Å². The quantitative estimate of drug-likeness (QED) is 0.877. The van der Waals surface area contributed by atoms with E-state index in [0.29, 0.717) is 11.8 Å². The summed E-state index contributed by atoms with van der Waals surface area (Å²) in [7, 11) is 0. The van der Waals surface area contributed by atoms with Gasteiger partial charge in [-0.2, -0.15) is 0 Å². The number of amides is 1. The van der Waals surface area contributed by atoms with Crippen molar-refractivity contribution in [3.8, 4) is 0 Å². The van der Waals surface area contributed by atoms with Crippen molar-refractivity contribution >= 4 is 32.6 Å². The number of thiazole rings is 1. The molecule has 0 aliphatic heterocycles. The van der Waals surface area contributed by atoms with E-state index in [1.165, 1.54) is 38.5 Å². The Morgan fingerprint density at radius 2 is 1.78 bits per heavy atom. The maximum atomic E-state index is 12.6. The first-order chi connectivity index (χ1) is 11.2. The first-order valence-electron chi connectivity index (χ1n) is 8.83. The Morgan fingerprint density at radius 3 is 2.43 bits per heavy atom. The monoisotopic (exact) mass is 326 g/mol. The molecule has 4 heteroatoms. The second kappa shape index (κ2) is 5.04. The average molecular weight is 326 g/mol. The van der Waals surface area contributed by atoms with Crippen LogP contribution in [0.25, 0.3) is 10.2 Å². The minimum atomic E-state index is 0.172. The number of fused-ring (bicyclic) bond motifs is 1. The van der Waals surface area contributed by atoms with Gasteiger partial charge in [-0.05, 0) is 73.8 Å². The molecular weight excluding hydrogens is 304 g/mol. The van der Waals surface area contributed by atoms with Gasteiger partial charge >= 0.3 is 0 Å². The van der Waals surface area contributed by atoms with E-state index in [4.69, 9.17) is 0 Å². The smallest absolute Gasteiger partial charge is 0.226 e. The summed E-state index contributed by atoms with van der Waals surface area (Å²) in [4.78, 5) is 17.2. The highest BCUT2D eigenvalue weighted by molar-refractivity contribution is 7.22. The van der Waals surface area contributed by atoms with E-state index in [9.17, 15) is 4.79 Å². The minimum absolute atomic E-state index is 0.172. The van der Waals surface area contributed by atoms with Gasteiger partial charge in [0.1, 0.15) is 0 Å². The molecule has 1 amide bonds. The summed E-state index contributed by atoms with van der Waals surface area (Å²) in [6, 6.07) is 8.06. The van der Waals surface area contributed by atoms with E-state index in [2.05, 4.69) is 16.4 Å². The summed E-state index contributed by atoms with van der Waals surface area (Å²) >= 11 is 1.57. The number of benzene rings is 1. The maximum absolute atomic E-state index is 12.6. The number of nitrogens with zero attached hydrogens (tertiary/aromatic N) is 1. The number of hydrogen-bond donors (Lipinski definition) is 1. The molecule has 2 aromatic rings. The molecule has 4 aliphatic rings. The molecule has 4 saturated carbocycles. The first-order valence-corrected chi connectivity index (χ1v) is 9.65. The predicted molar refractivity (Wildman–Crippen MR) is 93.5 cm³/mol. The molecule has 0 atom stereocenters. The molecule has 0 unspecified atom stereocenters. The maximum Gasteiger partial charge on any atom is 0.226 e. The van der Waals surface area contributed by atoms with Crippen molar-refractivity contribution in [2.24, 2.45) is 23.2 Å². The normalized spacial score (nSPS) is 34.9. The van der Waals surface area contributed by atoms with Crippen LogP contribution >= 0.6 is 11.3 Å². The summed E-state index contributed by atoms with van der Waals surface area (Å²) in [5.41, 5.74) is 1.28. The van der Waals surface area contributed by atoms with Crippen LogP contribution in [0.5, 0.6) is 0 Å². The van der Waals surface area contributed by atoms with Gasteiger partial charge in [-0.3, -0.25) is 4.79 Å². The lowest BCUT2D eigenvalue weighted by atomic mass is 9.49. The molecule has 23 heavy (non-hydrogen) atoms. The van der Waals surface area contributed by atoms with Crippen LogP contribution in [0.3, 0.4) is 0 Å². The van der Waals surface area contributed by atoms with Crippen LogP contribution in [-0.4, -0.2) is 10.9 Å². The highest BCUT2D eigenvalue weighted by Crippen LogP contribution is 2.61. The molecule has 0 spiro atoms. The summed E-state index contributed by atoms with van der Waals surface area (Å²) in [5, 5.41) is 3.83. The zero-order valence-corrected chi connectivity index (χ0v) is 14.1. The van der Waals surface area contributed by atoms with Gasteiger partial charge < -0.3 is 5.32 Å². The summed E-state index contributed by atoms with van der Waals surface area (Å²) in [6.45, 7) is 0. The van der Waals surface area contributed by atoms with Crippen molar-refractivity contribution in [1.82, 2.24) is 4.98 Å². The van der Waals surface area contributed by atoms with Crippen molar-refractivity contribution < 1.29 is 4.79 Å². The van der Waals surface area contributed by atoms with E-state index < -0.39 is 0 Å². The lowest BCUT2D eigenvalue weighted by Crippen LogP contribution is -2.47. The molecular formula is C19H22N2OS. The van der Waals surface area contributed by atoms with Crippen LogP contribution in [0.4, 0.5) is 5.13 Å². The molecule has 4 aliphatic carbocycles. The Morgan fingerprint density at radius 1 is 1.13 bits per heavy atom. The fourth-order valence-electron chi connectivity index (χ4n) is 5.94. The zero-order valence-electron chi connectivity index (χ0n) is 13.3. The van der Waals surface area contributed by atoms with Crippen LogP contribution in [0, 0.1) is 23.2 Å². The second-order valence-corrected chi connectivity index (χ2v) is 9.16. The van der Waals surface area contributed by atoms with E-state index >= 15 is 0 Å². The van der Waals surface area contributed by atoms with Gasteiger partial charge in [0.25, 0.3) is 0 Å². The van der Waals surface area contributed by atoms with Gasteiger partial charge in [-0.1, -0.05) is 23.5 Å². The summed E-state index contributed by atoms with van der Waals surface area (Å²) in [5.74, 6) is 2.87. The molecule has 4 bridgehead atoms. The third kappa shape index (κ3) is 2.47. The molecule has 1 aromatic carbocycles. The number of carbonyl (C=O) groups excluding carboxylic acids is 1. The second-order valence-electron chi connectivity index (χ2n) is 8.13. The van der Waals surface area contributed by atoms with E-state index in [1.54, 1.807) is 11.3 Å². The SMILES string of the molecule is O=C(CC12CC3CC(CC(C3)C1)C2)Nc1nc2ccccc2s1. The number of rotatable bonds is 3.